The minimum atomic E-state index is 0.235. The van der Waals surface area contributed by atoms with Crippen molar-refractivity contribution in [3.8, 4) is 11.3 Å². The van der Waals surface area contributed by atoms with E-state index in [-0.39, 0.29) is 11.7 Å². The summed E-state index contributed by atoms with van der Waals surface area (Å²) in [5.74, 6) is 1.10. The van der Waals surface area contributed by atoms with Gasteiger partial charge in [-0.3, -0.25) is 9.78 Å². The fourth-order valence-electron chi connectivity index (χ4n) is 3.18. The highest BCUT2D eigenvalue weighted by Gasteiger charge is 2.30. The number of carbonyl (C=O) groups excluding carboxylic acids is 1. The Morgan fingerprint density at radius 2 is 2.04 bits per heavy atom. The number of hydrogen-bond donors (Lipinski definition) is 0. The first-order valence-electron chi connectivity index (χ1n) is 8.50. The zero-order valence-corrected chi connectivity index (χ0v) is 13.6. The van der Waals surface area contributed by atoms with E-state index >= 15 is 0 Å². The smallest absolute Gasteiger partial charge is 0.159 e. The molecule has 3 aromatic heterocycles. The zero-order valence-electron chi connectivity index (χ0n) is 13.6. The van der Waals surface area contributed by atoms with Gasteiger partial charge >= 0.3 is 0 Å². The van der Waals surface area contributed by atoms with Gasteiger partial charge in [-0.05, 0) is 43.2 Å². The van der Waals surface area contributed by atoms with Crippen LogP contribution in [0.1, 0.15) is 18.7 Å². The number of fused-ring (bicyclic) bond motifs is 2. The van der Waals surface area contributed by atoms with E-state index in [0.29, 0.717) is 12.2 Å². The Morgan fingerprint density at radius 1 is 1.12 bits per heavy atom. The maximum Gasteiger partial charge on any atom is 0.159 e. The zero-order chi connectivity index (χ0) is 16.8. The highest BCUT2D eigenvalue weighted by Crippen LogP contribution is 2.31. The quantitative estimate of drug-likeness (QED) is 0.575. The largest absolute Gasteiger partial charge is 0.299 e. The van der Waals surface area contributed by atoms with Crippen molar-refractivity contribution in [1.29, 1.82) is 0 Å². The number of ketones is 1. The van der Waals surface area contributed by atoms with Crippen LogP contribution in [0.4, 0.5) is 0 Å². The predicted octanol–water partition coefficient (Wildman–Crippen LogP) is 3.47. The number of rotatable bonds is 4. The lowest BCUT2D eigenvalue weighted by molar-refractivity contribution is -0.119. The number of Topliss-reactive ketones (excluding diaryl/α,β-unsaturated/α-hetero) is 1. The van der Waals surface area contributed by atoms with Gasteiger partial charge in [0.2, 0.25) is 0 Å². The van der Waals surface area contributed by atoms with Gasteiger partial charge in [0, 0.05) is 23.1 Å². The second-order valence-corrected chi connectivity index (χ2v) is 6.54. The average molecular weight is 328 g/mol. The molecule has 1 aromatic carbocycles. The van der Waals surface area contributed by atoms with Crippen molar-refractivity contribution >= 4 is 22.3 Å². The lowest BCUT2D eigenvalue weighted by Gasteiger charge is -2.05. The summed E-state index contributed by atoms with van der Waals surface area (Å²) < 4.78 is 1.83. The third kappa shape index (κ3) is 2.58. The molecule has 0 N–H and O–H groups in total. The van der Waals surface area contributed by atoms with E-state index in [9.17, 15) is 4.79 Å². The van der Waals surface area contributed by atoms with Gasteiger partial charge in [0.05, 0.1) is 17.6 Å². The van der Waals surface area contributed by atoms with Crippen LogP contribution < -0.4 is 0 Å². The molecule has 5 heteroatoms. The number of aromatic nitrogens is 4. The lowest BCUT2D eigenvalue weighted by atomic mass is 10.1. The summed E-state index contributed by atoms with van der Waals surface area (Å²) in [4.78, 5) is 21.0. The summed E-state index contributed by atoms with van der Waals surface area (Å²) in [5, 5.41) is 5.67. The average Bonchev–Trinajstić information content (AvgIpc) is 3.41. The molecule has 0 radical (unpaired) electrons. The van der Waals surface area contributed by atoms with Crippen molar-refractivity contribution in [3.63, 3.8) is 0 Å². The second-order valence-electron chi connectivity index (χ2n) is 6.54. The fourth-order valence-corrected chi connectivity index (χ4v) is 3.18. The summed E-state index contributed by atoms with van der Waals surface area (Å²) in [6.07, 6.45) is 4.15. The van der Waals surface area contributed by atoms with Crippen molar-refractivity contribution in [1.82, 2.24) is 19.6 Å². The summed E-state index contributed by atoms with van der Waals surface area (Å²) >= 11 is 0. The van der Waals surface area contributed by atoms with Crippen LogP contribution in [0.15, 0.2) is 54.7 Å². The molecule has 1 aliphatic carbocycles. The molecular formula is C20H16N4O. The number of hydrogen-bond acceptors (Lipinski definition) is 4. The Kier molecular flexibility index (Phi) is 3.13. The van der Waals surface area contributed by atoms with Crippen LogP contribution in [0.3, 0.4) is 0 Å². The molecule has 25 heavy (non-hydrogen) atoms. The first kappa shape index (κ1) is 14.3. The molecule has 4 aromatic rings. The maximum absolute atomic E-state index is 12.1. The summed E-state index contributed by atoms with van der Waals surface area (Å²) in [5.41, 5.74) is 3.74. The van der Waals surface area contributed by atoms with Gasteiger partial charge in [-0.25, -0.2) is 9.50 Å². The van der Waals surface area contributed by atoms with Crippen molar-refractivity contribution in [2.75, 3.05) is 0 Å². The van der Waals surface area contributed by atoms with E-state index in [2.05, 4.69) is 21.1 Å². The molecule has 1 fully saturated rings. The van der Waals surface area contributed by atoms with Gasteiger partial charge in [0.1, 0.15) is 5.78 Å². The van der Waals surface area contributed by atoms with Gasteiger partial charge < -0.3 is 0 Å². The first-order valence-corrected chi connectivity index (χ1v) is 8.50. The molecule has 0 amide bonds. The normalized spacial score (nSPS) is 14.2. The van der Waals surface area contributed by atoms with Crippen LogP contribution in [-0.2, 0) is 11.2 Å². The van der Waals surface area contributed by atoms with Crippen LogP contribution in [0.5, 0.6) is 0 Å². The van der Waals surface area contributed by atoms with Crippen LogP contribution in [-0.4, -0.2) is 25.4 Å². The fraction of sp³-hybridized carbons (Fsp3) is 0.200. The number of pyridine rings is 2. The summed E-state index contributed by atoms with van der Waals surface area (Å²) in [6.45, 7) is 0. The maximum atomic E-state index is 12.1. The Bertz CT molecular complexity index is 1110. The van der Waals surface area contributed by atoms with Gasteiger partial charge in [-0.1, -0.05) is 18.2 Å². The van der Waals surface area contributed by atoms with Gasteiger partial charge in [0.15, 0.2) is 11.5 Å². The highest BCUT2D eigenvalue weighted by molar-refractivity contribution is 5.85. The van der Waals surface area contributed by atoms with E-state index in [1.54, 1.807) is 6.20 Å². The highest BCUT2D eigenvalue weighted by atomic mass is 16.1. The van der Waals surface area contributed by atoms with Crippen LogP contribution >= 0.6 is 0 Å². The van der Waals surface area contributed by atoms with E-state index in [4.69, 9.17) is 0 Å². The van der Waals surface area contributed by atoms with E-state index < -0.39 is 0 Å². The molecular weight excluding hydrogens is 312 g/mol. The number of benzene rings is 1. The van der Waals surface area contributed by atoms with Crippen LogP contribution in [0.25, 0.3) is 27.8 Å². The van der Waals surface area contributed by atoms with E-state index in [1.807, 2.05) is 47.0 Å². The van der Waals surface area contributed by atoms with Crippen molar-refractivity contribution in [2.45, 2.75) is 19.3 Å². The van der Waals surface area contributed by atoms with Crippen molar-refractivity contribution in [3.05, 3.63) is 60.6 Å². The van der Waals surface area contributed by atoms with Crippen LogP contribution in [0.2, 0.25) is 0 Å². The SMILES string of the molecule is O=C(Cc1nc2cccc(-c3ccc4ncccc4c3)n2n1)C1CC1. The molecule has 1 saturated carbocycles. The molecule has 0 aliphatic heterocycles. The summed E-state index contributed by atoms with van der Waals surface area (Å²) in [7, 11) is 0. The third-order valence-corrected chi connectivity index (χ3v) is 4.67. The Balaban J connectivity index is 1.59. The monoisotopic (exact) mass is 328 g/mol. The molecule has 5 rings (SSSR count). The van der Waals surface area contributed by atoms with Gasteiger partial charge in [-0.15, -0.1) is 0 Å². The molecule has 122 valence electrons. The predicted molar refractivity (Wildman–Crippen MR) is 95.2 cm³/mol. The molecule has 0 bridgehead atoms. The number of nitrogens with zero attached hydrogens (tertiary/aromatic N) is 4. The Hall–Kier alpha value is -3.08. The molecule has 3 heterocycles. The van der Waals surface area contributed by atoms with Crippen LogP contribution in [0, 0.1) is 5.92 Å². The van der Waals surface area contributed by atoms with E-state index in [1.165, 1.54) is 0 Å². The molecule has 0 spiro atoms. The van der Waals surface area contributed by atoms with E-state index in [0.717, 1.165) is 40.6 Å². The topological polar surface area (TPSA) is 60.2 Å². The molecule has 0 saturated heterocycles. The minimum absolute atomic E-state index is 0.235. The molecule has 1 aliphatic rings. The standard InChI is InChI=1S/C20H16N4O/c25-18(13-6-7-13)12-19-22-20-5-1-4-17(24(20)23-19)15-8-9-16-14(11-15)3-2-10-21-16/h1-5,8-11,13H,6-7,12H2. The number of carbonyl (C=O) groups is 1. The Morgan fingerprint density at radius 3 is 2.92 bits per heavy atom. The second kappa shape index (κ2) is 5.48. The molecule has 5 nitrogen and oxygen atoms in total. The molecule has 0 atom stereocenters. The first-order chi connectivity index (χ1) is 12.3. The lowest BCUT2D eigenvalue weighted by Crippen LogP contribution is -2.06. The van der Waals surface area contributed by atoms with Gasteiger partial charge in [0.25, 0.3) is 0 Å². The van der Waals surface area contributed by atoms with Crippen molar-refractivity contribution < 1.29 is 4.79 Å². The van der Waals surface area contributed by atoms with Crippen molar-refractivity contribution in [2.24, 2.45) is 5.92 Å². The summed E-state index contributed by atoms with van der Waals surface area (Å²) in [6, 6.07) is 16.1. The molecule has 0 unspecified atom stereocenters. The Labute approximate surface area is 144 Å². The van der Waals surface area contributed by atoms with Gasteiger partial charge in [-0.2, -0.15) is 5.10 Å². The minimum Gasteiger partial charge on any atom is -0.299 e. The third-order valence-electron chi connectivity index (χ3n) is 4.67.